The number of nitrogens with zero attached hydrogens (tertiary/aromatic N) is 2. The molecular weight excluding hydrogens is 386 g/mol. The predicted octanol–water partition coefficient (Wildman–Crippen LogP) is 6.32. The van der Waals surface area contributed by atoms with Gasteiger partial charge in [0.05, 0.1) is 29.6 Å². The average molecular weight is 404 g/mol. The van der Waals surface area contributed by atoms with E-state index in [4.69, 9.17) is 20.9 Å². The monoisotopic (exact) mass is 403 g/mol. The Balaban J connectivity index is 1.82. The molecule has 0 fully saturated rings. The summed E-state index contributed by atoms with van der Waals surface area (Å²) in [5.74, 6) is 1.53. The van der Waals surface area contributed by atoms with Gasteiger partial charge < -0.3 is 14.2 Å². The molecule has 0 bridgehead atoms. The van der Waals surface area contributed by atoms with Crippen molar-refractivity contribution in [3.63, 3.8) is 0 Å². The fourth-order valence-corrected chi connectivity index (χ4v) is 4.06. The van der Waals surface area contributed by atoms with Crippen LogP contribution in [0.25, 0.3) is 44.2 Å². The molecule has 0 aliphatic heterocycles. The zero-order valence-electron chi connectivity index (χ0n) is 16.2. The van der Waals surface area contributed by atoms with E-state index in [9.17, 15) is 0 Å². The first-order chi connectivity index (χ1) is 14.1. The Morgan fingerprint density at radius 2 is 1.83 bits per heavy atom. The molecule has 0 aliphatic carbocycles. The summed E-state index contributed by atoms with van der Waals surface area (Å²) in [6.45, 7) is 3.84. The van der Waals surface area contributed by atoms with E-state index in [1.165, 1.54) is 0 Å². The van der Waals surface area contributed by atoms with E-state index >= 15 is 0 Å². The lowest BCUT2D eigenvalue weighted by Gasteiger charge is -2.09. The van der Waals surface area contributed by atoms with Gasteiger partial charge in [0.25, 0.3) is 0 Å². The summed E-state index contributed by atoms with van der Waals surface area (Å²) in [4.78, 5) is 8.18. The van der Waals surface area contributed by atoms with Crippen molar-refractivity contribution in [1.29, 1.82) is 0 Å². The lowest BCUT2D eigenvalue weighted by Crippen LogP contribution is -1.90. The van der Waals surface area contributed by atoms with Crippen molar-refractivity contribution in [3.8, 4) is 28.1 Å². The lowest BCUT2D eigenvalue weighted by molar-refractivity contribution is 0.393. The fourth-order valence-electron chi connectivity index (χ4n) is 3.93. The maximum atomic E-state index is 6.07. The van der Waals surface area contributed by atoms with Crippen molar-refractivity contribution >= 4 is 33.4 Å². The van der Waals surface area contributed by atoms with Gasteiger partial charge in [-0.25, -0.2) is 0 Å². The number of nitrogens with one attached hydrogen (secondary N) is 1. The molecule has 3 heterocycles. The molecule has 2 aromatic carbocycles. The van der Waals surface area contributed by atoms with Crippen LogP contribution in [0.3, 0.4) is 0 Å². The number of pyridine rings is 1. The Labute approximate surface area is 172 Å². The third-order valence-electron chi connectivity index (χ3n) is 5.25. The molecule has 0 unspecified atom stereocenters. The standard InChI is InChI=1S/C23H18ClN3O2/c1-12-21(13(2)29-27-12)17-10-19-16(11-20(17)28-3)22-18(26-19)8-9-25-23(22)14-4-6-15(24)7-5-14/h4-11,26H,1-3H3. The largest absolute Gasteiger partial charge is 0.496 e. The van der Waals surface area contributed by atoms with Crippen LogP contribution in [0.5, 0.6) is 5.75 Å². The fraction of sp³-hybridized carbons (Fsp3) is 0.130. The van der Waals surface area contributed by atoms with Gasteiger partial charge in [0.2, 0.25) is 0 Å². The average Bonchev–Trinajstić information content (AvgIpc) is 3.26. The van der Waals surface area contributed by atoms with Crippen LogP contribution in [0.1, 0.15) is 11.5 Å². The molecule has 29 heavy (non-hydrogen) atoms. The Morgan fingerprint density at radius 3 is 2.52 bits per heavy atom. The number of hydrogen-bond acceptors (Lipinski definition) is 4. The van der Waals surface area contributed by atoms with Crippen molar-refractivity contribution in [3.05, 3.63) is 65.1 Å². The first-order valence-corrected chi connectivity index (χ1v) is 9.62. The zero-order valence-corrected chi connectivity index (χ0v) is 17.0. The quantitative estimate of drug-likeness (QED) is 0.383. The number of aryl methyl sites for hydroxylation is 2. The highest BCUT2D eigenvalue weighted by molar-refractivity contribution is 6.30. The minimum Gasteiger partial charge on any atom is -0.496 e. The summed E-state index contributed by atoms with van der Waals surface area (Å²) in [6.07, 6.45) is 1.81. The molecular formula is C23H18ClN3O2. The van der Waals surface area contributed by atoms with Crippen molar-refractivity contribution in [2.24, 2.45) is 0 Å². The predicted molar refractivity (Wildman–Crippen MR) is 116 cm³/mol. The van der Waals surface area contributed by atoms with Crippen LogP contribution in [0.15, 0.2) is 53.2 Å². The van der Waals surface area contributed by atoms with Crippen molar-refractivity contribution in [1.82, 2.24) is 15.1 Å². The summed E-state index contributed by atoms with van der Waals surface area (Å²) < 4.78 is 11.1. The topological polar surface area (TPSA) is 63.9 Å². The number of hydrogen-bond donors (Lipinski definition) is 1. The Bertz CT molecular complexity index is 1350. The lowest BCUT2D eigenvalue weighted by atomic mass is 9.99. The van der Waals surface area contributed by atoms with Crippen molar-refractivity contribution in [2.75, 3.05) is 7.11 Å². The normalized spacial score (nSPS) is 11.4. The van der Waals surface area contributed by atoms with Crippen LogP contribution in [-0.4, -0.2) is 22.2 Å². The number of rotatable bonds is 3. The van der Waals surface area contributed by atoms with E-state index in [1.54, 1.807) is 7.11 Å². The van der Waals surface area contributed by atoms with E-state index in [1.807, 2.05) is 50.4 Å². The maximum Gasteiger partial charge on any atom is 0.141 e. The number of halogens is 1. The first kappa shape index (κ1) is 17.8. The van der Waals surface area contributed by atoms with Gasteiger partial charge in [-0.1, -0.05) is 28.9 Å². The maximum absolute atomic E-state index is 6.07. The number of fused-ring (bicyclic) bond motifs is 3. The van der Waals surface area contributed by atoms with E-state index < -0.39 is 0 Å². The number of H-pyrrole nitrogens is 1. The Hall–Kier alpha value is -3.31. The van der Waals surface area contributed by atoms with Gasteiger partial charge >= 0.3 is 0 Å². The van der Waals surface area contributed by atoms with Crippen LogP contribution < -0.4 is 4.74 Å². The third-order valence-corrected chi connectivity index (χ3v) is 5.50. The first-order valence-electron chi connectivity index (χ1n) is 9.24. The molecule has 5 rings (SSSR count). The van der Waals surface area contributed by atoms with Crippen LogP contribution in [0, 0.1) is 13.8 Å². The highest BCUT2D eigenvalue weighted by Crippen LogP contribution is 2.41. The molecule has 0 spiro atoms. The zero-order chi connectivity index (χ0) is 20.1. The van der Waals surface area contributed by atoms with E-state index in [2.05, 4.69) is 27.3 Å². The highest BCUT2D eigenvalue weighted by Gasteiger charge is 2.19. The van der Waals surface area contributed by atoms with Gasteiger partial charge in [-0.2, -0.15) is 0 Å². The molecule has 0 saturated heterocycles. The van der Waals surface area contributed by atoms with Gasteiger partial charge in [0, 0.05) is 38.6 Å². The number of benzene rings is 2. The van der Waals surface area contributed by atoms with E-state index in [0.717, 1.165) is 61.4 Å². The molecule has 5 aromatic rings. The summed E-state index contributed by atoms with van der Waals surface area (Å²) in [5, 5.41) is 6.89. The van der Waals surface area contributed by atoms with E-state index in [-0.39, 0.29) is 0 Å². The molecule has 0 saturated carbocycles. The molecule has 3 aromatic heterocycles. The summed E-state index contributed by atoms with van der Waals surface area (Å²) >= 11 is 6.07. The van der Waals surface area contributed by atoms with Gasteiger partial charge in [-0.3, -0.25) is 4.98 Å². The second kappa shape index (κ2) is 6.64. The summed E-state index contributed by atoms with van der Waals surface area (Å²) in [5.41, 5.74) is 6.66. The van der Waals surface area contributed by atoms with Gasteiger partial charge in [-0.05, 0) is 44.2 Å². The summed E-state index contributed by atoms with van der Waals surface area (Å²) in [7, 11) is 1.68. The van der Waals surface area contributed by atoms with Crippen molar-refractivity contribution in [2.45, 2.75) is 13.8 Å². The minimum absolute atomic E-state index is 0.700. The molecule has 0 radical (unpaired) electrons. The van der Waals surface area contributed by atoms with E-state index in [0.29, 0.717) is 5.02 Å². The van der Waals surface area contributed by atoms with Crippen LogP contribution in [0.2, 0.25) is 5.02 Å². The van der Waals surface area contributed by atoms with Crippen LogP contribution in [0.4, 0.5) is 0 Å². The van der Waals surface area contributed by atoms with Crippen LogP contribution >= 0.6 is 11.6 Å². The molecule has 144 valence electrons. The smallest absolute Gasteiger partial charge is 0.141 e. The Kier molecular flexibility index (Phi) is 4.07. The number of ether oxygens (including phenoxy) is 1. The van der Waals surface area contributed by atoms with Gasteiger partial charge in [0.1, 0.15) is 11.5 Å². The molecule has 5 nitrogen and oxygen atoms in total. The Morgan fingerprint density at radius 1 is 1.03 bits per heavy atom. The number of aromatic amines is 1. The SMILES string of the molecule is COc1cc2c(cc1-c1c(C)noc1C)[nH]c1ccnc(-c3ccc(Cl)cc3)c12. The number of methoxy groups -OCH3 is 1. The third kappa shape index (κ3) is 2.77. The molecule has 1 N–H and O–H groups in total. The number of aromatic nitrogens is 3. The second-order valence-electron chi connectivity index (χ2n) is 7.01. The molecule has 0 atom stereocenters. The van der Waals surface area contributed by atoms with Gasteiger partial charge in [-0.15, -0.1) is 0 Å². The highest BCUT2D eigenvalue weighted by atomic mass is 35.5. The molecule has 6 heteroatoms. The minimum atomic E-state index is 0.700. The second-order valence-corrected chi connectivity index (χ2v) is 7.45. The molecule has 0 aliphatic rings. The molecule has 0 amide bonds. The van der Waals surface area contributed by atoms with Crippen LogP contribution in [-0.2, 0) is 0 Å². The van der Waals surface area contributed by atoms with Gasteiger partial charge in [0.15, 0.2) is 0 Å². The van der Waals surface area contributed by atoms with Crippen molar-refractivity contribution < 1.29 is 9.26 Å². The summed E-state index contributed by atoms with van der Waals surface area (Å²) in [6, 6.07) is 13.8.